The van der Waals surface area contributed by atoms with E-state index in [1.165, 1.54) is 11.3 Å². The third-order valence-corrected chi connectivity index (χ3v) is 4.70. The topological polar surface area (TPSA) is 82.7 Å². The molecule has 0 aliphatic carbocycles. The number of aromatic nitrogens is 1. The molecule has 1 unspecified atom stereocenters. The lowest BCUT2D eigenvalue weighted by Crippen LogP contribution is -2.44. The van der Waals surface area contributed by atoms with Crippen LogP contribution in [0.2, 0.25) is 5.15 Å². The molecule has 1 fully saturated rings. The third kappa shape index (κ3) is 3.56. The van der Waals surface area contributed by atoms with Crippen LogP contribution in [0, 0.1) is 0 Å². The van der Waals surface area contributed by atoms with Crippen molar-refractivity contribution in [2.24, 2.45) is 5.73 Å². The van der Waals surface area contributed by atoms with Gasteiger partial charge in [0.05, 0.1) is 0 Å². The van der Waals surface area contributed by atoms with Gasteiger partial charge in [-0.05, 0) is 7.05 Å². The van der Waals surface area contributed by atoms with E-state index in [-0.39, 0.29) is 6.42 Å². The Morgan fingerprint density at radius 1 is 1.53 bits per heavy atom. The predicted octanol–water partition coefficient (Wildman–Crippen LogP) is 0.503. The Kier molecular flexibility index (Phi) is 4.62. The molecule has 1 atom stereocenters. The van der Waals surface area contributed by atoms with Gasteiger partial charge in [0.1, 0.15) is 11.2 Å². The van der Waals surface area contributed by atoms with Gasteiger partial charge in [-0.3, -0.25) is 4.79 Å². The van der Waals surface area contributed by atoms with E-state index in [1.54, 1.807) is 0 Å². The maximum absolute atomic E-state index is 10.8. The normalized spacial score (nSPS) is 18.6. The van der Waals surface area contributed by atoms with E-state index < -0.39 is 12.0 Å². The van der Waals surface area contributed by atoms with Gasteiger partial charge in [-0.2, -0.15) is 0 Å². The molecule has 0 amide bonds. The minimum atomic E-state index is -1.02. The summed E-state index contributed by atoms with van der Waals surface area (Å²) in [7, 11) is 2.09. The molecule has 1 aliphatic rings. The Labute approximate surface area is 120 Å². The van der Waals surface area contributed by atoms with Crippen LogP contribution in [0.15, 0.2) is 0 Å². The Bertz CT molecular complexity index is 460. The number of aliphatic carboxylic acids is 1. The van der Waals surface area contributed by atoms with Gasteiger partial charge in [0.2, 0.25) is 0 Å². The molecule has 2 rings (SSSR count). The predicted molar refractivity (Wildman–Crippen MR) is 76.1 cm³/mol. The van der Waals surface area contributed by atoms with Crippen molar-refractivity contribution in [3.8, 4) is 0 Å². The summed E-state index contributed by atoms with van der Waals surface area (Å²) in [5.74, 6) is -1.02. The first-order valence-electron chi connectivity index (χ1n) is 6.04. The molecule has 8 heteroatoms. The number of piperazine rings is 1. The first-order valence-corrected chi connectivity index (χ1v) is 7.24. The standard InChI is InChI=1S/C11H17ClN4O2S/c1-15-2-4-16(5-3-15)11-14-9(12)8(19-11)6-7(13)10(17)18/h7H,2-6,13H2,1H3,(H,17,18). The van der Waals surface area contributed by atoms with E-state index in [0.717, 1.165) is 36.2 Å². The van der Waals surface area contributed by atoms with Gasteiger partial charge < -0.3 is 20.6 Å². The number of nitrogens with two attached hydrogens (primary N) is 1. The summed E-state index contributed by atoms with van der Waals surface area (Å²) < 4.78 is 0. The number of halogens is 1. The van der Waals surface area contributed by atoms with Gasteiger partial charge in [0, 0.05) is 37.5 Å². The molecule has 106 valence electrons. The number of hydrogen-bond acceptors (Lipinski definition) is 6. The largest absolute Gasteiger partial charge is 0.480 e. The van der Waals surface area contributed by atoms with E-state index >= 15 is 0 Å². The average molecular weight is 305 g/mol. The lowest BCUT2D eigenvalue weighted by molar-refractivity contribution is -0.138. The Morgan fingerprint density at radius 2 is 2.16 bits per heavy atom. The van der Waals surface area contributed by atoms with Crippen molar-refractivity contribution in [3.63, 3.8) is 0 Å². The fraction of sp³-hybridized carbons (Fsp3) is 0.636. The van der Waals surface area contributed by atoms with Crippen molar-refractivity contribution in [2.45, 2.75) is 12.5 Å². The van der Waals surface area contributed by atoms with Crippen molar-refractivity contribution in [1.29, 1.82) is 0 Å². The second kappa shape index (κ2) is 6.04. The van der Waals surface area contributed by atoms with Gasteiger partial charge in [-0.15, -0.1) is 11.3 Å². The van der Waals surface area contributed by atoms with Gasteiger partial charge in [0.25, 0.3) is 0 Å². The van der Waals surface area contributed by atoms with E-state index in [1.807, 2.05) is 0 Å². The van der Waals surface area contributed by atoms with E-state index in [2.05, 4.69) is 21.8 Å². The molecular formula is C11H17ClN4O2S. The van der Waals surface area contributed by atoms with Gasteiger partial charge in [-0.1, -0.05) is 11.6 Å². The molecule has 0 aromatic carbocycles. The quantitative estimate of drug-likeness (QED) is 0.843. The molecule has 0 radical (unpaired) electrons. The van der Waals surface area contributed by atoms with Crippen molar-refractivity contribution >= 4 is 34.0 Å². The summed E-state index contributed by atoms with van der Waals surface area (Å²) in [6.07, 6.45) is 0.222. The number of carboxylic acid groups (broad SMARTS) is 1. The van der Waals surface area contributed by atoms with Crippen molar-refractivity contribution < 1.29 is 9.90 Å². The van der Waals surface area contributed by atoms with E-state index in [4.69, 9.17) is 22.4 Å². The van der Waals surface area contributed by atoms with Crippen LogP contribution in [0.25, 0.3) is 0 Å². The monoisotopic (exact) mass is 304 g/mol. The zero-order valence-electron chi connectivity index (χ0n) is 10.7. The minimum absolute atomic E-state index is 0.222. The molecule has 1 aliphatic heterocycles. The smallest absolute Gasteiger partial charge is 0.320 e. The summed E-state index contributed by atoms with van der Waals surface area (Å²) in [4.78, 5) is 20.2. The number of hydrogen-bond donors (Lipinski definition) is 2. The fourth-order valence-corrected chi connectivity index (χ4v) is 3.25. The highest BCUT2D eigenvalue weighted by molar-refractivity contribution is 7.16. The summed E-state index contributed by atoms with van der Waals surface area (Å²) in [6, 6.07) is -0.932. The number of rotatable bonds is 4. The molecule has 0 bridgehead atoms. The van der Waals surface area contributed by atoms with Crippen LogP contribution in [-0.2, 0) is 11.2 Å². The highest BCUT2D eigenvalue weighted by Gasteiger charge is 2.21. The maximum atomic E-state index is 10.8. The Hall–Kier alpha value is -0.890. The molecule has 19 heavy (non-hydrogen) atoms. The summed E-state index contributed by atoms with van der Waals surface area (Å²) in [5.41, 5.74) is 5.52. The number of likely N-dealkylation sites (N-methyl/N-ethyl adjacent to an activating group) is 1. The fourth-order valence-electron chi connectivity index (χ4n) is 1.87. The number of carboxylic acids is 1. The summed E-state index contributed by atoms with van der Waals surface area (Å²) >= 11 is 7.49. The average Bonchev–Trinajstić information content (AvgIpc) is 2.71. The summed E-state index contributed by atoms with van der Waals surface area (Å²) in [5, 5.41) is 10.0. The maximum Gasteiger partial charge on any atom is 0.320 e. The lowest BCUT2D eigenvalue weighted by atomic mass is 10.2. The van der Waals surface area contributed by atoms with Crippen molar-refractivity contribution in [1.82, 2.24) is 9.88 Å². The van der Waals surface area contributed by atoms with E-state index in [9.17, 15) is 4.79 Å². The molecule has 1 aromatic heterocycles. The molecule has 0 spiro atoms. The first kappa shape index (κ1) is 14.5. The van der Waals surface area contributed by atoms with Crippen LogP contribution >= 0.6 is 22.9 Å². The minimum Gasteiger partial charge on any atom is -0.480 e. The third-order valence-electron chi connectivity index (χ3n) is 3.13. The SMILES string of the molecule is CN1CCN(c2nc(Cl)c(CC(N)C(=O)O)s2)CC1. The second-order valence-electron chi connectivity index (χ2n) is 4.65. The Balaban J connectivity index is 2.06. The zero-order chi connectivity index (χ0) is 14.0. The van der Waals surface area contributed by atoms with Crippen molar-refractivity contribution in [3.05, 3.63) is 10.0 Å². The second-order valence-corrected chi connectivity index (χ2v) is 6.07. The van der Waals surface area contributed by atoms with Crippen LogP contribution in [0.3, 0.4) is 0 Å². The van der Waals surface area contributed by atoms with Gasteiger partial charge in [-0.25, -0.2) is 4.98 Å². The lowest BCUT2D eigenvalue weighted by Gasteiger charge is -2.32. The first-order chi connectivity index (χ1) is 8.97. The van der Waals surface area contributed by atoms with Crippen LogP contribution in [0.1, 0.15) is 4.88 Å². The molecule has 2 heterocycles. The Morgan fingerprint density at radius 3 is 2.74 bits per heavy atom. The molecule has 6 nitrogen and oxygen atoms in total. The van der Waals surface area contributed by atoms with Crippen molar-refractivity contribution in [2.75, 3.05) is 38.1 Å². The number of thiazole rings is 1. The van der Waals surface area contributed by atoms with Crippen LogP contribution in [0.5, 0.6) is 0 Å². The highest BCUT2D eigenvalue weighted by atomic mass is 35.5. The zero-order valence-corrected chi connectivity index (χ0v) is 12.2. The van der Waals surface area contributed by atoms with Crippen LogP contribution < -0.4 is 10.6 Å². The molecule has 0 saturated carbocycles. The van der Waals surface area contributed by atoms with Crippen LogP contribution in [-0.4, -0.2) is 60.2 Å². The van der Waals surface area contributed by atoms with Gasteiger partial charge >= 0.3 is 5.97 Å². The van der Waals surface area contributed by atoms with Crippen LogP contribution in [0.4, 0.5) is 5.13 Å². The molecular weight excluding hydrogens is 288 g/mol. The molecule has 1 aromatic rings. The molecule has 1 saturated heterocycles. The van der Waals surface area contributed by atoms with Gasteiger partial charge in [0.15, 0.2) is 5.13 Å². The number of anilines is 1. The number of nitrogens with zero attached hydrogens (tertiary/aromatic N) is 3. The highest BCUT2D eigenvalue weighted by Crippen LogP contribution is 2.31. The number of carbonyl (C=O) groups is 1. The van der Waals surface area contributed by atoms with E-state index in [0.29, 0.717) is 5.15 Å². The summed E-state index contributed by atoms with van der Waals surface area (Å²) in [6.45, 7) is 3.79. The molecule has 3 N–H and O–H groups in total.